The number of aromatic nitrogens is 2. The predicted octanol–water partition coefficient (Wildman–Crippen LogP) is 4.44. The van der Waals surface area contributed by atoms with Gasteiger partial charge in [-0.15, -0.1) is 10.2 Å². The number of rotatable bonds is 5. The highest BCUT2D eigenvalue weighted by Crippen LogP contribution is 2.33. The van der Waals surface area contributed by atoms with Gasteiger partial charge in [-0.05, 0) is 32.6 Å². The first-order chi connectivity index (χ1) is 11.7. The van der Waals surface area contributed by atoms with Crippen LogP contribution in [0, 0.1) is 0 Å². The van der Waals surface area contributed by atoms with Crippen LogP contribution in [0.25, 0.3) is 0 Å². The maximum atomic E-state index is 12.4. The van der Waals surface area contributed by atoms with E-state index in [9.17, 15) is 4.79 Å². The highest BCUT2D eigenvalue weighted by molar-refractivity contribution is 8.00. The van der Waals surface area contributed by atoms with Crippen LogP contribution in [0.15, 0.2) is 9.64 Å². The molecule has 24 heavy (non-hydrogen) atoms. The Kier molecular flexibility index (Phi) is 6.58. The van der Waals surface area contributed by atoms with Gasteiger partial charge in [0, 0.05) is 12.0 Å². The third-order valence-corrected chi connectivity index (χ3v) is 6.16. The third kappa shape index (κ3) is 4.98. The van der Waals surface area contributed by atoms with Crippen molar-refractivity contribution in [2.24, 2.45) is 0 Å². The number of hydrogen-bond donors (Lipinski definition) is 1. The van der Waals surface area contributed by atoms with Crippen LogP contribution in [0.3, 0.4) is 0 Å². The van der Waals surface area contributed by atoms with Crippen molar-refractivity contribution in [1.29, 1.82) is 0 Å². The van der Waals surface area contributed by atoms with E-state index in [1.807, 2.05) is 6.92 Å². The van der Waals surface area contributed by atoms with Crippen molar-refractivity contribution in [3.05, 3.63) is 5.89 Å². The zero-order valence-corrected chi connectivity index (χ0v) is 15.4. The maximum Gasteiger partial charge on any atom is 0.277 e. The van der Waals surface area contributed by atoms with Crippen molar-refractivity contribution < 1.29 is 9.21 Å². The Morgan fingerprint density at radius 1 is 1.04 bits per heavy atom. The summed E-state index contributed by atoms with van der Waals surface area (Å²) >= 11 is 1.38. The number of carbonyl (C=O) groups excluding carboxylic acids is 1. The third-order valence-electron chi connectivity index (χ3n) is 5.22. The van der Waals surface area contributed by atoms with Crippen LogP contribution in [0.5, 0.6) is 0 Å². The second kappa shape index (κ2) is 8.88. The average Bonchev–Trinajstić information content (AvgIpc) is 2.91. The molecule has 5 nitrogen and oxygen atoms in total. The Bertz CT molecular complexity index is 520. The van der Waals surface area contributed by atoms with Crippen molar-refractivity contribution in [3.63, 3.8) is 0 Å². The number of nitrogens with one attached hydrogen (secondary N) is 1. The lowest BCUT2D eigenvalue weighted by atomic mass is 9.89. The van der Waals surface area contributed by atoms with Crippen molar-refractivity contribution in [2.45, 2.75) is 100.0 Å². The summed E-state index contributed by atoms with van der Waals surface area (Å²) in [4.78, 5) is 12.4. The summed E-state index contributed by atoms with van der Waals surface area (Å²) < 4.78 is 5.81. The van der Waals surface area contributed by atoms with Crippen molar-refractivity contribution in [2.75, 3.05) is 0 Å². The van der Waals surface area contributed by atoms with E-state index in [2.05, 4.69) is 15.5 Å². The SMILES string of the molecule is C[C@H](Sc1nnc(C2CCCCC2)o1)C(=O)NC1CCCCCC1. The minimum atomic E-state index is -0.201. The smallest absolute Gasteiger partial charge is 0.277 e. The van der Waals surface area contributed by atoms with Gasteiger partial charge in [0.1, 0.15) is 0 Å². The lowest BCUT2D eigenvalue weighted by molar-refractivity contribution is -0.121. The molecule has 0 spiro atoms. The summed E-state index contributed by atoms with van der Waals surface area (Å²) in [7, 11) is 0. The molecule has 0 radical (unpaired) electrons. The highest BCUT2D eigenvalue weighted by Gasteiger charge is 2.24. The number of nitrogens with zero attached hydrogens (tertiary/aromatic N) is 2. The summed E-state index contributed by atoms with van der Waals surface area (Å²) in [6.45, 7) is 1.92. The van der Waals surface area contributed by atoms with Crippen LogP contribution in [0.1, 0.15) is 89.4 Å². The molecule has 2 aliphatic rings. The van der Waals surface area contributed by atoms with Crippen LogP contribution >= 0.6 is 11.8 Å². The van der Waals surface area contributed by atoms with Crippen LogP contribution in [0.4, 0.5) is 0 Å². The number of thioether (sulfide) groups is 1. The lowest BCUT2D eigenvalue weighted by Crippen LogP contribution is -2.39. The fourth-order valence-corrected chi connectivity index (χ4v) is 4.43. The van der Waals surface area contributed by atoms with Crippen LogP contribution < -0.4 is 5.32 Å². The van der Waals surface area contributed by atoms with E-state index >= 15 is 0 Å². The number of amides is 1. The molecular formula is C18H29N3O2S. The lowest BCUT2D eigenvalue weighted by Gasteiger charge is -2.18. The summed E-state index contributed by atoms with van der Waals surface area (Å²) in [5, 5.41) is 11.9. The second-order valence-corrected chi connectivity index (χ2v) is 8.49. The molecule has 0 saturated heterocycles. The molecule has 1 atom stereocenters. The summed E-state index contributed by atoms with van der Waals surface area (Å²) in [5.41, 5.74) is 0. The van der Waals surface area contributed by atoms with Gasteiger partial charge in [-0.25, -0.2) is 0 Å². The van der Waals surface area contributed by atoms with E-state index in [0.717, 1.165) is 31.6 Å². The standard InChI is InChI=1S/C18H29N3O2S/c1-13(16(22)19-15-11-7-2-3-8-12-15)24-18-21-20-17(23-18)14-9-5-4-6-10-14/h13-15H,2-12H2,1H3,(H,19,22)/t13-/m0/s1. The summed E-state index contributed by atoms with van der Waals surface area (Å²) in [5.74, 6) is 1.26. The minimum absolute atomic E-state index is 0.0873. The first-order valence-electron chi connectivity index (χ1n) is 9.53. The first kappa shape index (κ1) is 17.8. The molecule has 2 fully saturated rings. The molecule has 134 valence electrons. The molecule has 2 aliphatic carbocycles. The van der Waals surface area contributed by atoms with Gasteiger partial charge < -0.3 is 9.73 Å². The largest absolute Gasteiger partial charge is 0.416 e. The van der Waals surface area contributed by atoms with E-state index < -0.39 is 0 Å². The minimum Gasteiger partial charge on any atom is -0.416 e. The average molecular weight is 352 g/mol. The van der Waals surface area contributed by atoms with Crippen LogP contribution in [0.2, 0.25) is 0 Å². The van der Waals surface area contributed by atoms with E-state index in [1.165, 1.54) is 56.7 Å². The Balaban J connectivity index is 1.49. The monoisotopic (exact) mass is 351 g/mol. The molecule has 6 heteroatoms. The molecule has 2 saturated carbocycles. The van der Waals surface area contributed by atoms with Gasteiger partial charge in [-0.2, -0.15) is 0 Å². The molecule has 1 amide bonds. The molecule has 0 aromatic carbocycles. The van der Waals surface area contributed by atoms with Crippen molar-refractivity contribution in [3.8, 4) is 0 Å². The Morgan fingerprint density at radius 3 is 2.38 bits per heavy atom. The Morgan fingerprint density at radius 2 is 1.67 bits per heavy atom. The van der Waals surface area contributed by atoms with Gasteiger partial charge in [-0.1, -0.05) is 56.7 Å². The summed E-state index contributed by atoms with van der Waals surface area (Å²) in [6.07, 6.45) is 13.3. The number of hydrogen-bond acceptors (Lipinski definition) is 5. The molecule has 1 aromatic rings. The molecule has 1 heterocycles. The fraction of sp³-hybridized carbons (Fsp3) is 0.833. The van der Waals surface area contributed by atoms with Gasteiger partial charge in [0.2, 0.25) is 11.8 Å². The van der Waals surface area contributed by atoms with Gasteiger partial charge in [-0.3, -0.25) is 4.79 Å². The predicted molar refractivity (Wildman–Crippen MR) is 95.1 cm³/mol. The van der Waals surface area contributed by atoms with E-state index in [0.29, 0.717) is 17.2 Å². The van der Waals surface area contributed by atoms with E-state index in [4.69, 9.17) is 4.42 Å². The summed E-state index contributed by atoms with van der Waals surface area (Å²) in [6, 6.07) is 0.337. The zero-order valence-electron chi connectivity index (χ0n) is 14.6. The molecule has 3 rings (SSSR count). The Labute approximate surface area is 148 Å². The Hall–Kier alpha value is -1.04. The zero-order chi connectivity index (χ0) is 16.8. The molecular weight excluding hydrogens is 322 g/mol. The van der Waals surface area contributed by atoms with Crippen molar-refractivity contribution >= 4 is 17.7 Å². The first-order valence-corrected chi connectivity index (χ1v) is 10.4. The molecule has 1 N–H and O–H groups in total. The molecule has 0 aliphatic heterocycles. The molecule has 1 aromatic heterocycles. The quantitative estimate of drug-likeness (QED) is 0.627. The topological polar surface area (TPSA) is 68.0 Å². The van der Waals surface area contributed by atoms with E-state index in [1.54, 1.807) is 0 Å². The van der Waals surface area contributed by atoms with Gasteiger partial charge >= 0.3 is 0 Å². The van der Waals surface area contributed by atoms with E-state index in [-0.39, 0.29) is 11.2 Å². The fourth-order valence-electron chi connectivity index (χ4n) is 3.73. The molecule has 0 bridgehead atoms. The molecule has 0 unspecified atom stereocenters. The van der Waals surface area contributed by atoms with Gasteiger partial charge in [0.05, 0.1) is 5.25 Å². The second-order valence-electron chi connectivity index (χ2n) is 7.20. The maximum absolute atomic E-state index is 12.4. The van der Waals surface area contributed by atoms with Crippen LogP contribution in [-0.4, -0.2) is 27.4 Å². The van der Waals surface area contributed by atoms with Gasteiger partial charge in [0.15, 0.2) is 0 Å². The highest BCUT2D eigenvalue weighted by atomic mass is 32.2. The van der Waals surface area contributed by atoms with Crippen molar-refractivity contribution in [1.82, 2.24) is 15.5 Å². The van der Waals surface area contributed by atoms with Crippen LogP contribution in [-0.2, 0) is 4.79 Å². The van der Waals surface area contributed by atoms with Gasteiger partial charge in [0.25, 0.3) is 5.22 Å². The number of carbonyl (C=O) groups is 1. The normalized spacial score (nSPS) is 22.0.